The molecule has 1 fully saturated rings. The summed E-state index contributed by atoms with van der Waals surface area (Å²) in [5.74, 6) is 0.178. The highest BCUT2D eigenvalue weighted by atomic mass is 32.2. The van der Waals surface area contributed by atoms with Crippen molar-refractivity contribution in [2.24, 2.45) is 17.8 Å². The first-order chi connectivity index (χ1) is 13.3. The maximum absolute atomic E-state index is 13.0. The SMILES string of the molecule is Cc1ccc(NC(=O)C2CC3C=CC2C3)cc1S(=O)(=O)Nc1ccc(F)cc1. The summed E-state index contributed by atoms with van der Waals surface area (Å²) < 4.78 is 41.0. The standard InChI is InChI=1S/C21H21FN2O3S/c1-13-2-7-18(23-21(25)19-11-14-3-4-15(19)10-14)12-20(13)28(26,27)24-17-8-5-16(22)6-9-17/h2-9,12,14-15,19,24H,10-11H2,1H3,(H,23,25). The Labute approximate surface area is 163 Å². The number of carbonyl (C=O) groups is 1. The van der Waals surface area contributed by atoms with Crippen molar-refractivity contribution in [1.29, 1.82) is 0 Å². The van der Waals surface area contributed by atoms with Gasteiger partial charge in [0, 0.05) is 17.3 Å². The van der Waals surface area contributed by atoms with Crippen molar-refractivity contribution in [2.75, 3.05) is 10.0 Å². The van der Waals surface area contributed by atoms with Gasteiger partial charge in [-0.05, 0) is 73.6 Å². The second-order valence-electron chi connectivity index (χ2n) is 7.47. The predicted octanol–water partition coefficient (Wildman–Crippen LogP) is 4.09. The summed E-state index contributed by atoms with van der Waals surface area (Å²) in [6.07, 6.45) is 6.14. The predicted molar refractivity (Wildman–Crippen MR) is 106 cm³/mol. The molecule has 2 aliphatic rings. The number of rotatable bonds is 5. The fraction of sp³-hybridized carbons (Fsp3) is 0.286. The third-order valence-corrected chi connectivity index (χ3v) is 6.98. The van der Waals surface area contributed by atoms with Gasteiger partial charge in [-0.2, -0.15) is 0 Å². The fourth-order valence-electron chi connectivity index (χ4n) is 4.01. The molecule has 0 radical (unpaired) electrons. The van der Waals surface area contributed by atoms with E-state index in [1.165, 1.54) is 30.3 Å². The summed E-state index contributed by atoms with van der Waals surface area (Å²) >= 11 is 0. The van der Waals surface area contributed by atoms with Crippen molar-refractivity contribution in [1.82, 2.24) is 0 Å². The van der Waals surface area contributed by atoms with Gasteiger partial charge in [-0.25, -0.2) is 12.8 Å². The lowest BCUT2D eigenvalue weighted by atomic mass is 9.93. The van der Waals surface area contributed by atoms with E-state index >= 15 is 0 Å². The highest BCUT2D eigenvalue weighted by molar-refractivity contribution is 7.92. The molecule has 0 saturated heterocycles. The normalized spacial score (nSPS) is 23.0. The van der Waals surface area contributed by atoms with Gasteiger partial charge in [-0.1, -0.05) is 18.2 Å². The van der Waals surface area contributed by atoms with E-state index in [1.54, 1.807) is 19.1 Å². The molecule has 2 bridgehead atoms. The molecule has 2 aliphatic carbocycles. The van der Waals surface area contributed by atoms with Gasteiger partial charge < -0.3 is 5.32 Å². The zero-order valence-corrected chi connectivity index (χ0v) is 16.2. The molecule has 4 rings (SSSR count). The molecule has 0 aromatic heterocycles. The van der Waals surface area contributed by atoms with E-state index in [9.17, 15) is 17.6 Å². The summed E-state index contributed by atoms with van der Waals surface area (Å²) in [6, 6.07) is 9.91. The van der Waals surface area contributed by atoms with E-state index in [-0.39, 0.29) is 28.3 Å². The molecule has 3 unspecified atom stereocenters. The minimum Gasteiger partial charge on any atom is -0.326 e. The van der Waals surface area contributed by atoms with Crippen LogP contribution in [0, 0.1) is 30.5 Å². The summed E-state index contributed by atoms with van der Waals surface area (Å²) in [5.41, 5.74) is 1.27. The Morgan fingerprint density at radius 1 is 1.04 bits per heavy atom. The highest BCUT2D eigenvalue weighted by Gasteiger charge is 2.39. The number of fused-ring (bicyclic) bond motifs is 2. The Morgan fingerprint density at radius 3 is 2.39 bits per heavy atom. The molecule has 146 valence electrons. The van der Waals surface area contributed by atoms with Crippen LogP contribution in [0.4, 0.5) is 15.8 Å². The van der Waals surface area contributed by atoms with Gasteiger partial charge in [0.15, 0.2) is 0 Å². The van der Waals surface area contributed by atoms with Gasteiger partial charge in [0.25, 0.3) is 10.0 Å². The number of amides is 1. The lowest BCUT2D eigenvalue weighted by molar-refractivity contribution is -0.120. The lowest BCUT2D eigenvalue weighted by Gasteiger charge is -2.18. The number of halogens is 1. The molecule has 2 aromatic carbocycles. The van der Waals surface area contributed by atoms with Crippen LogP contribution in [0.2, 0.25) is 0 Å². The van der Waals surface area contributed by atoms with E-state index in [1.807, 2.05) is 0 Å². The van der Waals surface area contributed by atoms with Crippen LogP contribution in [0.15, 0.2) is 59.5 Å². The molecule has 1 saturated carbocycles. The maximum atomic E-state index is 13.0. The molecule has 0 spiro atoms. The minimum atomic E-state index is -3.88. The van der Waals surface area contributed by atoms with Crippen molar-refractivity contribution in [3.05, 3.63) is 66.0 Å². The number of anilines is 2. The van der Waals surface area contributed by atoms with Gasteiger partial charge in [0.2, 0.25) is 5.91 Å². The molecular formula is C21H21FN2O3S. The topological polar surface area (TPSA) is 75.3 Å². The molecule has 2 N–H and O–H groups in total. The summed E-state index contributed by atoms with van der Waals surface area (Å²) in [6.45, 7) is 1.69. The molecule has 1 amide bonds. The van der Waals surface area contributed by atoms with Crippen LogP contribution < -0.4 is 10.0 Å². The van der Waals surface area contributed by atoms with Gasteiger partial charge in [-0.15, -0.1) is 0 Å². The van der Waals surface area contributed by atoms with Crippen LogP contribution in [0.25, 0.3) is 0 Å². The second kappa shape index (κ2) is 7.05. The Balaban J connectivity index is 1.54. The summed E-state index contributed by atoms with van der Waals surface area (Å²) in [7, 11) is -3.88. The Kier molecular flexibility index (Phi) is 4.71. The first kappa shape index (κ1) is 18.7. The first-order valence-corrected chi connectivity index (χ1v) is 10.7. The van der Waals surface area contributed by atoms with Crippen LogP contribution in [0.1, 0.15) is 18.4 Å². The lowest BCUT2D eigenvalue weighted by Crippen LogP contribution is -2.26. The average molecular weight is 400 g/mol. The average Bonchev–Trinajstić information content (AvgIpc) is 3.28. The third kappa shape index (κ3) is 3.67. The summed E-state index contributed by atoms with van der Waals surface area (Å²) in [4.78, 5) is 12.7. The monoisotopic (exact) mass is 400 g/mol. The van der Waals surface area contributed by atoms with Gasteiger partial charge in [-0.3, -0.25) is 9.52 Å². The van der Waals surface area contributed by atoms with Gasteiger partial charge in [0.1, 0.15) is 5.82 Å². The Bertz CT molecular complexity index is 1050. The van der Waals surface area contributed by atoms with E-state index < -0.39 is 15.8 Å². The zero-order valence-electron chi connectivity index (χ0n) is 15.4. The molecule has 3 atom stereocenters. The number of allylic oxidation sites excluding steroid dienone is 2. The zero-order chi connectivity index (χ0) is 19.9. The van der Waals surface area contributed by atoms with Crippen molar-refractivity contribution in [2.45, 2.75) is 24.7 Å². The van der Waals surface area contributed by atoms with Gasteiger partial charge in [0.05, 0.1) is 4.90 Å². The quantitative estimate of drug-likeness (QED) is 0.743. The molecule has 0 heterocycles. The number of benzene rings is 2. The van der Waals surface area contributed by atoms with Crippen LogP contribution in [0.5, 0.6) is 0 Å². The van der Waals surface area contributed by atoms with E-state index in [0.717, 1.165) is 12.8 Å². The largest absolute Gasteiger partial charge is 0.326 e. The van der Waals surface area contributed by atoms with Crippen LogP contribution >= 0.6 is 0 Å². The van der Waals surface area contributed by atoms with E-state index in [0.29, 0.717) is 17.2 Å². The van der Waals surface area contributed by atoms with Crippen LogP contribution in [-0.4, -0.2) is 14.3 Å². The number of hydrogen-bond donors (Lipinski definition) is 2. The number of sulfonamides is 1. The molecule has 5 nitrogen and oxygen atoms in total. The Hall–Kier alpha value is -2.67. The molecule has 0 aliphatic heterocycles. The molecule has 28 heavy (non-hydrogen) atoms. The molecule has 2 aromatic rings. The van der Waals surface area contributed by atoms with Crippen molar-refractivity contribution in [3.63, 3.8) is 0 Å². The Morgan fingerprint density at radius 2 is 1.75 bits per heavy atom. The number of nitrogens with one attached hydrogen (secondary N) is 2. The van der Waals surface area contributed by atoms with E-state index in [2.05, 4.69) is 22.2 Å². The number of aryl methyl sites for hydroxylation is 1. The third-order valence-electron chi connectivity index (χ3n) is 5.46. The van der Waals surface area contributed by atoms with Crippen molar-refractivity contribution < 1.29 is 17.6 Å². The number of hydrogen-bond acceptors (Lipinski definition) is 3. The van der Waals surface area contributed by atoms with Crippen LogP contribution in [0.3, 0.4) is 0 Å². The number of carbonyl (C=O) groups excluding carboxylic acids is 1. The highest BCUT2D eigenvalue weighted by Crippen LogP contribution is 2.43. The molecular weight excluding hydrogens is 379 g/mol. The molecule has 7 heteroatoms. The van der Waals surface area contributed by atoms with E-state index in [4.69, 9.17) is 0 Å². The smallest absolute Gasteiger partial charge is 0.262 e. The van der Waals surface area contributed by atoms with Crippen LogP contribution in [-0.2, 0) is 14.8 Å². The van der Waals surface area contributed by atoms with Gasteiger partial charge >= 0.3 is 0 Å². The van der Waals surface area contributed by atoms with Crippen molar-refractivity contribution >= 4 is 27.3 Å². The minimum absolute atomic E-state index is 0.0614. The van der Waals surface area contributed by atoms with Crippen molar-refractivity contribution in [3.8, 4) is 0 Å². The maximum Gasteiger partial charge on any atom is 0.262 e. The second-order valence-corrected chi connectivity index (χ2v) is 9.12. The first-order valence-electron chi connectivity index (χ1n) is 9.20. The summed E-state index contributed by atoms with van der Waals surface area (Å²) in [5, 5.41) is 2.87. The fourth-order valence-corrected chi connectivity index (χ4v) is 5.34.